The molecule has 2 aliphatic rings. The molecule has 1 amide bonds. The van der Waals surface area contributed by atoms with Crippen molar-refractivity contribution in [2.75, 3.05) is 38.7 Å². The molecule has 0 aliphatic carbocycles. The number of rotatable bonds is 4. The number of para-hydroxylation sites is 1. The number of hydroxylamine groups is 2. The maximum atomic E-state index is 12.5. The van der Waals surface area contributed by atoms with Gasteiger partial charge in [-0.05, 0) is 29.8 Å². The van der Waals surface area contributed by atoms with Crippen LogP contribution in [0.1, 0.15) is 27.7 Å². The van der Waals surface area contributed by atoms with Gasteiger partial charge in [0, 0.05) is 11.3 Å². The highest BCUT2D eigenvalue weighted by Gasteiger charge is 2.32. The highest BCUT2D eigenvalue weighted by Crippen LogP contribution is 2.33. The van der Waals surface area contributed by atoms with Gasteiger partial charge in [0.25, 0.3) is 5.91 Å². The lowest BCUT2D eigenvalue weighted by Gasteiger charge is -2.34. The summed E-state index contributed by atoms with van der Waals surface area (Å²) in [6, 6.07) is 13.0. The Balaban J connectivity index is 1.63. The fraction of sp³-hybridized carbons (Fsp3) is 0.350. The maximum absolute atomic E-state index is 12.5. The first-order valence-electron chi connectivity index (χ1n) is 9.13. The molecule has 1 saturated heterocycles. The van der Waals surface area contributed by atoms with Crippen LogP contribution in [0.2, 0.25) is 0 Å². The van der Waals surface area contributed by atoms with Gasteiger partial charge in [-0.15, -0.1) is 0 Å². The molecular formula is C20H24N3O4+. The van der Waals surface area contributed by atoms with E-state index in [1.807, 2.05) is 30.3 Å². The van der Waals surface area contributed by atoms with Gasteiger partial charge in [0.1, 0.15) is 25.4 Å². The molecule has 4 rings (SSSR count). The fourth-order valence-electron chi connectivity index (χ4n) is 3.68. The van der Waals surface area contributed by atoms with Crippen molar-refractivity contribution in [3.05, 3.63) is 59.2 Å². The maximum Gasteiger partial charge on any atom is 0.281 e. The van der Waals surface area contributed by atoms with E-state index in [9.17, 15) is 10.0 Å². The van der Waals surface area contributed by atoms with Gasteiger partial charge in [0.15, 0.2) is 6.17 Å². The zero-order valence-electron chi connectivity index (χ0n) is 15.3. The molecule has 2 aromatic rings. The van der Waals surface area contributed by atoms with E-state index in [2.05, 4.69) is 5.32 Å². The highest BCUT2D eigenvalue weighted by molar-refractivity contribution is 6.01. The Morgan fingerprint density at radius 3 is 2.81 bits per heavy atom. The second-order valence-electron chi connectivity index (χ2n) is 6.85. The number of benzene rings is 2. The van der Waals surface area contributed by atoms with Crippen LogP contribution in [0.4, 0.5) is 5.69 Å². The quantitative estimate of drug-likeness (QED) is 0.702. The standard InChI is InChI=1S/C20H23N3O4/c1-26-18-7-6-14(12-15(18)13-22-8-10-27-11-9-22)19-21-17-5-3-2-4-16(17)20(24)23(19)25/h2-7,12,19,21,25H,8-11,13H2,1H3/p+1/t19-/m0/s1. The molecule has 142 valence electrons. The summed E-state index contributed by atoms with van der Waals surface area (Å²) in [5.41, 5.74) is 3.04. The van der Waals surface area contributed by atoms with Crippen molar-refractivity contribution in [2.45, 2.75) is 12.7 Å². The number of hydrogen-bond donors (Lipinski definition) is 3. The van der Waals surface area contributed by atoms with Gasteiger partial charge in [0.2, 0.25) is 0 Å². The minimum atomic E-state index is -0.642. The number of carbonyl (C=O) groups excluding carboxylic acids is 1. The van der Waals surface area contributed by atoms with Crippen LogP contribution in [0.5, 0.6) is 5.75 Å². The molecule has 2 aromatic carbocycles. The predicted molar refractivity (Wildman–Crippen MR) is 99.0 cm³/mol. The van der Waals surface area contributed by atoms with Gasteiger partial charge in [-0.2, -0.15) is 5.06 Å². The average molecular weight is 370 g/mol. The van der Waals surface area contributed by atoms with E-state index in [1.54, 1.807) is 19.2 Å². The summed E-state index contributed by atoms with van der Waals surface area (Å²) in [5.74, 6) is 0.398. The topological polar surface area (TPSA) is 75.5 Å². The van der Waals surface area contributed by atoms with Gasteiger partial charge < -0.3 is 19.7 Å². The third-order valence-corrected chi connectivity index (χ3v) is 5.16. The van der Waals surface area contributed by atoms with Crippen molar-refractivity contribution in [1.82, 2.24) is 5.06 Å². The van der Waals surface area contributed by atoms with Gasteiger partial charge in [-0.25, -0.2) is 0 Å². The molecule has 1 fully saturated rings. The van der Waals surface area contributed by atoms with Crippen LogP contribution >= 0.6 is 0 Å². The van der Waals surface area contributed by atoms with E-state index in [-0.39, 0.29) is 0 Å². The third kappa shape index (κ3) is 3.49. The number of anilines is 1. The summed E-state index contributed by atoms with van der Waals surface area (Å²) in [7, 11) is 1.66. The summed E-state index contributed by atoms with van der Waals surface area (Å²) in [5, 5.41) is 14.5. The number of hydrogen-bond acceptors (Lipinski definition) is 5. The van der Waals surface area contributed by atoms with Crippen molar-refractivity contribution >= 4 is 11.6 Å². The molecule has 0 saturated carbocycles. The lowest BCUT2D eigenvalue weighted by atomic mass is 10.0. The first-order valence-corrected chi connectivity index (χ1v) is 9.13. The summed E-state index contributed by atoms with van der Waals surface area (Å²) < 4.78 is 11.0. The van der Waals surface area contributed by atoms with E-state index in [0.29, 0.717) is 11.3 Å². The number of morpholine rings is 1. The van der Waals surface area contributed by atoms with Crippen LogP contribution in [-0.2, 0) is 11.3 Å². The number of methoxy groups -OCH3 is 1. The molecule has 0 spiro atoms. The molecule has 3 N–H and O–H groups in total. The molecule has 7 heteroatoms. The van der Waals surface area contributed by atoms with E-state index in [1.165, 1.54) is 4.90 Å². The second-order valence-corrected chi connectivity index (χ2v) is 6.85. The number of quaternary nitrogens is 1. The van der Waals surface area contributed by atoms with Crippen LogP contribution in [0.25, 0.3) is 0 Å². The molecule has 0 aromatic heterocycles. The number of ether oxygens (including phenoxy) is 2. The number of amides is 1. The van der Waals surface area contributed by atoms with Crippen LogP contribution < -0.4 is 15.0 Å². The lowest BCUT2D eigenvalue weighted by molar-refractivity contribution is -0.921. The van der Waals surface area contributed by atoms with E-state index >= 15 is 0 Å². The smallest absolute Gasteiger partial charge is 0.281 e. The Kier molecular flexibility index (Phi) is 4.98. The predicted octanol–water partition coefficient (Wildman–Crippen LogP) is 1.07. The molecule has 1 atom stereocenters. The lowest BCUT2D eigenvalue weighted by Crippen LogP contribution is -3.12. The van der Waals surface area contributed by atoms with Crippen LogP contribution in [0, 0.1) is 0 Å². The first kappa shape index (κ1) is 17.8. The van der Waals surface area contributed by atoms with E-state index < -0.39 is 12.1 Å². The van der Waals surface area contributed by atoms with Crippen molar-refractivity contribution < 1.29 is 24.4 Å². The number of carbonyl (C=O) groups is 1. The van der Waals surface area contributed by atoms with E-state index in [4.69, 9.17) is 9.47 Å². The summed E-state index contributed by atoms with van der Waals surface area (Å²) in [6.45, 7) is 4.23. The zero-order valence-corrected chi connectivity index (χ0v) is 15.3. The van der Waals surface area contributed by atoms with Crippen LogP contribution in [-0.4, -0.2) is 49.6 Å². The summed E-state index contributed by atoms with van der Waals surface area (Å²) in [4.78, 5) is 13.9. The van der Waals surface area contributed by atoms with Crippen LogP contribution in [0.3, 0.4) is 0 Å². The molecular weight excluding hydrogens is 346 g/mol. The normalized spacial score (nSPS) is 20.1. The van der Waals surface area contributed by atoms with Crippen LogP contribution in [0.15, 0.2) is 42.5 Å². The molecule has 0 bridgehead atoms. The number of nitrogens with zero attached hydrogens (tertiary/aromatic N) is 1. The molecule has 2 aliphatic heterocycles. The van der Waals surface area contributed by atoms with Crippen molar-refractivity contribution in [3.8, 4) is 5.75 Å². The average Bonchev–Trinajstić information content (AvgIpc) is 2.71. The fourth-order valence-corrected chi connectivity index (χ4v) is 3.68. The molecule has 0 unspecified atom stereocenters. The Morgan fingerprint density at radius 1 is 1.26 bits per heavy atom. The Morgan fingerprint density at radius 2 is 2.04 bits per heavy atom. The second kappa shape index (κ2) is 7.56. The monoisotopic (exact) mass is 370 g/mol. The number of nitrogens with one attached hydrogen (secondary N) is 2. The Bertz CT molecular complexity index is 836. The van der Waals surface area contributed by atoms with Crippen molar-refractivity contribution in [2.24, 2.45) is 0 Å². The summed E-state index contributed by atoms with van der Waals surface area (Å²) in [6.07, 6.45) is -0.642. The summed E-state index contributed by atoms with van der Waals surface area (Å²) >= 11 is 0. The zero-order chi connectivity index (χ0) is 18.8. The van der Waals surface area contributed by atoms with Gasteiger partial charge in [0.05, 0.1) is 25.9 Å². The van der Waals surface area contributed by atoms with E-state index in [0.717, 1.165) is 54.8 Å². The first-order chi connectivity index (χ1) is 13.2. The number of fused-ring (bicyclic) bond motifs is 1. The minimum absolute atomic E-state index is 0.412. The Labute approximate surface area is 158 Å². The highest BCUT2D eigenvalue weighted by atomic mass is 16.5. The van der Waals surface area contributed by atoms with Gasteiger partial charge in [-0.1, -0.05) is 18.2 Å². The molecule has 7 nitrogen and oxygen atoms in total. The van der Waals surface area contributed by atoms with Crippen molar-refractivity contribution in [3.63, 3.8) is 0 Å². The third-order valence-electron chi connectivity index (χ3n) is 5.16. The minimum Gasteiger partial charge on any atom is -0.496 e. The molecule has 2 heterocycles. The Hall–Kier alpha value is -2.61. The molecule has 0 radical (unpaired) electrons. The van der Waals surface area contributed by atoms with Gasteiger partial charge >= 0.3 is 0 Å². The molecule has 27 heavy (non-hydrogen) atoms. The SMILES string of the molecule is COc1ccc([C@H]2Nc3ccccc3C(=O)N2O)cc1C[NH+]1CCOCC1. The van der Waals surface area contributed by atoms with Crippen molar-refractivity contribution in [1.29, 1.82) is 0 Å². The van der Waals surface area contributed by atoms with Gasteiger partial charge in [-0.3, -0.25) is 10.0 Å². The largest absolute Gasteiger partial charge is 0.496 e.